The molecule has 0 atom stereocenters. The van der Waals surface area contributed by atoms with Gasteiger partial charge in [0.15, 0.2) is 0 Å². The summed E-state index contributed by atoms with van der Waals surface area (Å²) in [5.74, 6) is 0. The number of aromatic amines is 1. The Morgan fingerprint density at radius 2 is 2.21 bits per heavy atom. The Bertz CT molecular complexity index is 393. The Labute approximate surface area is 81.2 Å². The number of H-pyrrole nitrogens is 1. The number of hydrogen-bond donors (Lipinski definition) is 1. The van der Waals surface area contributed by atoms with Gasteiger partial charge in [0.25, 0.3) is 0 Å². The quantitative estimate of drug-likeness (QED) is 0.622. The van der Waals surface area contributed by atoms with Gasteiger partial charge in [0, 0.05) is 6.54 Å². The molecule has 0 aliphatic rings. The molecule has 0 spiro atoms. The molecule has 1 heterocycles. The zero-order valence-electron chi connectivity index (χ0n) is 8.36. The van der Waals surface area contributed by atoms with Crippen molar-refractivity contribution in [1.82, 2.24) is 19.7 Å². The fourth-order valence-electron chi connectivity index (χ4n) is 1.10. The third-order valence-corrected chi connectivity index (χ3v) is 1.82. The average molecular weight is 198 g/mol. The van der Waals surface area contributed by atoms with Gasteiger partial charge in [-0.1, -0.05) is 0 Å². The first-order chi connectivity index (χ1) is 6.61. The van der Waals surface area contributed by atoms with Gasteiger partial charge in [-0.15, -0.1) is 0 Å². The summed E-state index contributed by atoms with van der Waals surface area (Å²) in [6.45, 7) is 1.40. The van der Waals surface area contributed by atoms with Crippen LogP contribution in [-0.2, 0) is 6.54 Å². The minimum Gasteiger partial charge on any atom is -0.309 e. The predicted octanol–water partition coefficient (Wildman–Crippen LogP) is -1.12. The van der Waals surface area contributed by atoms with E-state index < -0.39 is 11.1 Å². The van der Waals surface area contributed by atoms with E-state index in [-0.39, 0.29) is 0 Å². The van der Waals surface area contributed by atoms with Crippen molar-refractivity contribution < 1.29 is 0 Å². The van der Waals surface area contributed by atoms with Crippen LogP contribution in [0.5, 0.6) is 0 Å². The molecule has 0 amide bonds. The Hall–Kier alpha value is -1.43. The van der Waals surface area contributed by atoms with Gasteiger partial charge >= 0.3 is 11.1 Å². The van der Waals surface area contributed by atoms with Crippen molar-refractivity contribution in [2.45, 2.75) is 13.0 Å². The lowest BCUT2D eigenvalue weighted by Gasteiger charge is -2.09. The van der Waals surface area contributed by atoms with Crippen molar-refractivity contribution in [3.05, 3.63) is 27.0 Å². The highest BCUT2D eigenvalue weighted by Crippen LogP contribution is 1.85. The standard InChI is InChI=1S/C8H14N4O2/c1-11(2)4-3-5-12-6-9-10-7(13)8(12)14/h6H,3-5H2,1-2H3,(H,10,13). The van der Waals surface area contributed by atoms with Crippen LogP contribution in [0.25, 0.3) is 0 Å². The van der Waals surface area contributed by atoms with Crippen LogP contribution in [0.1, 0.15) is 6.42 Å². The van der Waals surface area contributed by atoms with E-state index >= 15 is 0 Å². The van der Waals surface area contributed by atoms with Gasteiger partial charge in [0.05, 0.1) is 0 Å². The highest BCUT2D eigenvalue weighted by Gasteiger charge is 1.99. The Kier molecular flexibility index (Phi) is 3.58. The molecule has 6 nitrogen and oxygen atoms in total. The summed E-state index contributed by atoms with van der Waals surface area (Å²) in [6.07, 6.45) is 2.16. The third-order valence-electron chi connectivity index (χ3n) is 1.82. The number of aromatic nitrogens is 3. The predicted molar refractivity (Wildman–Crippen MR) is 52.3 cm³/mol. The smallest absolute Gasteiger partial charge is 0.309 e. The zero-order valence-corrected chi connectivity index (χ0v) is 8.36. The first-order valence-corrected chi connectivity index (χ1v) is 4.40. The molecule has 14 heavy (non-hydrogen) atoms. The normalized spacial score (nSPS) is 10.8. The SMILES string of the molecule is CN(C)CCCn1cn[nH]c(=O)c1=O. The zero-order chi connectivity index (χ0) is 10.6. The molecule has 0 aliphatic carbocycles. The summed E-state index contributed by atoms with van der Waals surface area (Å²) in [6, 6.07) is 0. The molecule has 0 bridgehead atoms. The van der Waals surface area contributed by atoms with Crippen LogP contribution in [-0.4, -0.2) is 40.3 Å². The van der Waals surface area contributed by atoms with E-state index in [1.165, 1.54) is 10.9 Å². The van der Waals surface area contributed by atoms with Gasteiger partial charge < -0.3 is 4.90 Å². The van der Waals surface area contributed by atoms with E-state index in [0.29, 0.717) is 6.54 Å². The molecule has 0 aliphatic heterocycles. The second kappa shape index (κ2) is 4.71. The number of hydrogen-bond acceptors (Lipinski definition) is 4. The number of nitrogens with one attached hydrogen (secondary N) is 1. The molecule has 6 heteroatoms. The van der Waals surface area contributed by atoms with Gasteiger partial charge in [-0.2, -0.15) is 5.10 Å². The highest BCUT2D eigenvalue weighted by molar-refractivity contribution is 4.74. The first kappa shape index (κ1) is 10.6. The lowest BCUT2D eigenvalue weighted by Crippen LogP contribution is -2.37. The van der Waals surface area contributed by atoms with Crippen LogP contribution in [0, 0.1) is 0 Å². The van der Waals surface area contributed by atoms with Crippen LogP contribution >= 0.6 is 0 Å². The molecule has 0 saturated heterocycles. The van der Waals surface area contributed by atoms with Gasteiger partial charge in [0.1, 0.15) is 6.33 Å². The molecule has 0 radical (unpaired) electrons. The van der Waals surface area contributed by atoms with E-state index in [9.17, 15) is 9.59 Å². The Balaban J connectivity index is 2.64. The molecule has 1 N–H and O–H groups in total. The summed E-state index contributed by atoms with van der Waals surface area (Å²) >= 11 is 0. The topological polar surface area (TPSA) is 71.0 Å². The Morgan fingerprint density at radius 1 is 1.50 bits per heavy atom. The summed E-state index contributed by atoms with van der Waals surface area (Å²) < 4.78 is 1.32. The van der Waals surface area contributed by atoms with Crippen LogP contribution in [0.2, 0.25) is 0 Å². The van der Waals surface area contributed by atoms with Crippen molar-refractivity contribution in [3.63, 3.8) is 0 Å². The minimum absolute atomic E-state index is 0.522. The summed E-state index contributed by atoms with van der Waals surface area (Å²) in [5, 5.41) is 5.64. The van der Waals surface area contributed by atoms with Gasteiger partial charge in [-0.3, -0.25) is 14.2 Å². The van der Waals surface area contributed by atoms with Crippen LogP contribution in [0.3, 0.4) is 0 Å². The van der Waals surface area contributed by atoms with Crippen molar-refractivity contribution in [1.29, 1.82) is 0 Å². The molecular weight excluding hydrogens is 184 g/mol. The molecule has 1 rings (SSSR count). The number of rotatable bonds is 4. The maximum Gasteiger partial charge on any atom is 0.330 e. The first-order valence-electron chi connectivity index (χ1n) is 4.40. The molecule has 0 fully saturated rings. The molecule has 0 aromatic carbocycles. The van der Waals surface area contributed by atoms with Gasteiger partial charge in [-0.05, 0) is 27.1 Å². The van der Waals surface area contributed by atoms with Crippen molar-refractivity contribution >= 4 is 0 Å². The van der Waals surface area contributed by atoms with E-state index in [4.69, 9.17) is 0 Å². The highest BCUT2D eigenvalue weighted by atomic mass is 16.2. The number of nitrogens with zero attached hydrogens (tertiary/aromatic N) is 3. The largest absolute Gasteiger partial charge is 0.330 e. The second-order valence-electron chi connectivity index (χ2n) is 3.34. The van der Waals surface area contributed by atoms with E-state index in [1.807, 2.05) is 19.0 Å². The van der Waals surface area contributed by atoms with Gasteiger partial charge in [-0.25, -0.2) is 5.10 Å². The third kappa shape index (κ3) is 2.81. The lowest BCUT2D eigenvalue weighted by molar-refractivity contribution is 0.383. The monoisotopic (exact) mass is 198 g/mol. The second-order valence-corrected chi connectivity index (χ2v) is 3.34. The summed E-state index contributed by atoms with van der Waals surface area (Å²) in [7, 11) is 3.91. The van der Waals surface area contributed by atoms with Crippen LogP contribution in [0.4, 0.5) is 0 Å². The van der Waals surface area contributed by atoms with Crippen LogP contribution < -0.4 is 11.1 Å². The maximum atomic E-state index is 11.2. The van der Waals surface area contributed by atoms with E-state index in [2.05, 4.69) is 10.2 Å². The lowest BCUT2D eigenvalue weighted by atomic mass is 10.4. The minimum atomic E-state index is -0.669. The Morgan fingerprint density at radius 3 is 2.86 bits per heavy atom. The molecule has 1 aromatic heterocycles. The fourth-order valence-corrected chi connectivity index (χ4v) is 1.10. The van der Waals surface area contributed by atoms with Crippen LogP contribution in [0.15, 0.2) is 15.9 Å². The van der Waals surface area contributed by atoms with E-state index in [1.54, 1.807) is 0 Å². The van der Waals surface area contributed by atoms with Crippen molar-refractivity contribution in [2.24, 2.45) is 0 Å². The molecule has 0 unspecified atom stereocenters. The maximum absolute atomic E-state index is 11.2. The molecule has 1 aromatic rings. The van der Waals surface area contributed by atoms with Gasteiger partial charge in [0.2, 0.25) is 0 Å². The molecule has 78 valence electrons. The summed E-state index contributed by atoms with van der Waals surface area (Å²) in [5.41, 5.74) is -1.21. The average Bonchev–Trinajstić information content (AvgIpc) is 2.12. The molecule has 0 saturated carbocycles. The van der Waals surface area contributed by atoms with Crippen molar-refractivity contribution in [2.75, 3.05) is 20.6 Å². The number of aryl methyl sites for hydroxylation is 1. The molecular formula is C8H14N4O2. The van der Waals surface area contributed by atoms with Crippen molar-refractivity contribution in [3.8, 4) is 0 Å². The summed E-state index contributed by atoms with van der Waals surface area (Å²) in [4.78, 5) is 24.1. The van der Waals surface area contributed by atoms with E-state index in [0.717, 1.165) is 13.0 Å². The fraction of sp³-hybridized carbons (Fsp3) is 0.625.